The zero-order chi connectivity index (χ0) is 58.3. The average Bonchev–Trinajstić information content (AvgIpc) is 4.11. The topological polar surface area (TPSA) is 250 Å². The Bertz CT molecular complexity index is 1770. The Morgan fingerprint density at radius 3 is 1.44 bits per heavy atom. The summed E-state index contributed by atoms with van der Waals surface area (Å²) >= 11 is 6.87. The van der Waals surface area contributed by atoms with Gasteiger partial charge in [0.2, 0.25) is 0 Å². The number of carbonyl (C=O) groups is 3. The highest BCUT2D eigenvalue weighted by Gasteiger charge is 2.45. The van der Waals surface area contributed by atoms with Crippen molar-refractivity contribution in [3.8, 4) is 0 Å². The van der Waals surface area contributed by atoms with Gasteiger partial charge >= 0.3 is 0 Å². The lowest BCUT2D eigenvalue weighted by molar-refractivity contribution is -0.120. The molecule has 8 N–H and O–H groups in total. The third kappa shape index (κ3) is 25.7. The van der Waals surface area contributed by atoms with Crippen LogP contribution in [0.2, 0.25) is 0 Å². The van der Waals surface area contributed by atoms with Gasteiger partial charge in [-0.2, -0.15) is 47.0 Å². The first-order chi connectivity index (χ1) is 38.0. The van der Waals surface area contributed by atoms with Crippen LogP contribution in [0, 0.1) is 11.8 Å². The molecule has 19 heteroatoms. The van der Waals surface area contributed by atoms with E-state index in [0.29, 0.717) is 43.8 Å². The van der Waals surface area contributed by atoms with Crippen LogP contribution < -0.4 is 0 Å². The zero-order valence-corrected chi connectivity index (χ0v) is 52.0. The van der Waals surface area contributed by atoms with Gasteiger partial charge in [0, 0.05) is 39.2 Å². The third-order valence-corrected chi connectivity index (χ3v) is 22.2. The summed E-state index contributed by atoms with van der Waals surface area (Å²) in [5.41, 5.74) is 1.17. The van der Waals surface area contributed by atoms with Crippen molar-refractivity contribution in [3.63, 3.8) is 0 Å². The van der Waals surface area contributed by atoms with Crippen molar-refractivity contribution in [3.05, 3.63) is 35.9 Å². The molecule has 5 rings (SSSR count). The van der Waals surface area contributed by atoms with Crippen molar-refractivity contribution in [2.24, 2.45) is 11.8 Å². The van der Waals surface area contributed by atoms with Crippen LogP contribution in [0.15, 0.2) is 30.3 Å². The van der Waals surface area contributed by atoms with Gasteiger partial charge in [0.05, 0.1) is 95.8 Å². The molecule has 0 bridgehead atoms. The van der Waals surface area contributed by atoms with Gasteiger partial charge in [0.25, 0.3) is 0 Å². The number of Topliss-reactive ketones (excluding diaryl/α,β-unsaturated/α-hetero) is 3. The number of aliphatic hydroxyl groups excluding tert-OH is 8. The van der Waals surface area contributed by atoms with E-state index in [0.717, 1.165) is 101 Å². The predicted molar refractivity (Wildman–Crippen MR) is 322 cm³/mol. The molecule has 6 unspecified atom stereocenters. The number of benzene rings is 1. The Hall–Kier alpha value is -0.850. The Morgan fingerprint density at radius 1 is 0.494 bits per heavy atom. The molecule has 0 spiro atoms. The Kier molecular flexibility index (Phi) is 37.8. The maximum absolute atomic E-state index is 12.6. The number of hydrogen-bond donors (Lipinski definition) is 8. The van der Waals surface area contributed by atoms with E-state index in [1.54, 1.807) is 42.2 Å². The lowest BCUT2D eigenvalue weighted by Crippen LogP contribution is -2.32. The zero-order valence-electron chi connectivity index (χ0n) is 48.7. The van der Waals surface area contributed by atoms with Crippen LogP contribution in [-0.2, 0) is 39.8 Å². The predicted octanol–water partition coefficient (Wildman–Crippen LogP) is 7.80. The number of carbonyl (C=O) groups excluding carboxylic acids is 3. The average molecular weight is 1190 g/mol. The monoisotopic (exact) mass is 1190 g/mol. The number of ketones is 3. The van der Waals surface area contributed by atoms with Crippen LogP contribution in [0.3, 0.4) is 0 Å². The third-order valence-electron chi connectivity index (χ3n) is 15.8. The fourth-order valence-corrected chi connectivity index (χ4v) is 16.8. The van der Waals surface area contributed by atoms with Crippen molar-refractivity contribution >= 4 is 64.4 Å². The van der Waals surface area contributed by atoms with Crippen LogP contribution >= 0.6 is 47.0 Å². The molecule has 4 heterocycles. The van der Waals surface area contributed by atoms with Crippen molar-refractivity contribution < 1.29 is 74.2 Å². The summed E-state index contributed by atoms with van der Waals surface area (Å²) in [7, 11) is 1.00. The fraction of sp³-hybridized carbons (Fsp3) is 0.850. The summed E-state index contributed by atoms with van der Waals surface area (Å²) in [5.74, 6) is 5.07. The Labute approximate surface area is 491 Å². The molecule has 4 aliphatic rings. The van der Waals surface area contributed by atoms with E-state index >= 15 is 0 Å². The van der Waals surface area contributed by atoms with Crippen molar-refractivity contribution in [1.82, 2.24) is 0 Å². The minimum absolute atomic E-state index is 0.0250. The normalized spacial score (nSPS) is 31.1. The Balaban J connectivity index is 0.000000406. The number of hydrogen-bond acceptors (Lipinski definition) is 19. The van der Waals surface area contributed by atoms with E-state index < -0.39 is 36.6 Å². The first-order valence-electron chi connectivity index (χ1n) is 29.7. The van der Waals surface area contributed by atoms with E-state index in [1.165, 1.54) is 24.8 Å². The van der Waals surface area contributed by atoms with Gasteiger partial charge in [-0.25, -0.2) is 0 Å². The molecule has 4 saturated heterocycles. The first-order valence-corrected chi connectivity index (χ1v) is 33.9. The van der Waals surface area contributed by atoms with Gasteiger partial charge in [-0.15, -0.1) is 0 Å². The highest BCUT2D eigenvalue weighted by Crippen LogP contribution is 2.38. The fourth-order valence-electron chi connectivity index (χ4n) is 11.0. The summed E-state index contributed by atoms with van der Waals surface area (Å²) in [6, 6.07) is 10.1. The molecule has 0 radical (unpaired) electrons. The van der Waals surface area contributed by atoms with Crippen LogP contribution in [0.4, 0.5) is 0 Å². The molecule has 18 atom stereocenters. The second-order valence-corrected chi connectivity index (χ2v) is 27.1. The molecule has 1 aromatic rings. The van der Waals surface area contributed by atoms with Crippen LogP contribution in [0.1, 0.15) is 163 Å². The van der Waals surface area contributed by atoms with Crippen molar-refractivity contribution in [2.75, 3.05) is 49.9 Å². The van der Waals surface area contributed by atoms with Gasteiger partial charge in [0.1, 0.15) is 35.7 Å². The second kappa shape index (κ2) is 41.2. The smallest absolute Gasteiger partial charge is 0.132 e. The SMILES string of the molecule is CC(=O)CCC(CCC(=O)CCCCCS[C@H]1C(O)[C@@H](CO)O[C@H]1C)CS[C@H]1C(O)[C@@H](CO)O[C@H]1C.CCCCC(CCCC(=O)CCCCS[C@H]1C(O)[C@@H](CO)O[C@H]1Cc1ccccc1)CS[C@H]1C(O)[C@@H](CC)O[C@H]1C.CO. The lowest BCUT2D eigenvalue weighted by Gasteiger charge is -2.22. The number of unbranched alkanes of at least 4 members (excludes halogenated alkanes) is 4. The number of thioether (sulfide) groups is 4. The number of aliphatic hydroxyl groups is 8. The first kappa shape index (κ1) is 72.4. The van der Waals surface area contributed by atoms with E-state index in [4.69, 9.17) is 24.1 Å². The molecule has 0 aliphatic carbocycles. The highest BCUT2D eigenvalue weighted by molar-refractivity contribution is 8.00. The largest absolute Gasteiger partial charge is 0.400 e. The van der Waals surface area contributed by atoms with Gasteiger partial charge in [0.15, 0.2) is 0 Å². The maximum Gasteiger partial charge on any atom is 0.132 e. The van der Waals surface area contributed by atoms with Crippen molar-refractivity contribution in [2.45, 2.75) is 258 Å². The summed E-state index contributed by atoms with van der Waals surface area (Å²) in [6.07, 6.45) is 11.7. The molecule has 79 heavy (non-hydrogen) atoms. The van der Waals surface area contributed by atoms with Crippen LogP contribution in [-0.4, -0.2) is 202 Å². The van der Waals surface area contributed by atoms with Gasteiger partial charge < -0.3 is 64.6 Å². The molecular weight excluding hydrogens is 1090 g/mol. The molecule has 15 nitrogen and oxygen atoms in total. The second-order valence-electron chi connectivity index (χ2n) is 22.1. The lowest BCUT2D eigenvalue weighted by atomic mass is 9.96. The summed E-state index contributed by atoms with van der Waals surface area (Å²) < 4.78 is 23.1. The molecule has 4 aliphatic heterocycles. The van der Waals surface area contributed by atoms with Crippen molar-refractivity contribution in [1.29, 1.82) is 0 Å². The number of ether oxygens (including phenoxy) is 4. The molecule has 0 saturated carbocycles. The van der Waals surface area contributed by atoms with E-state index in [2.05, 4.69) is 32.9 Å². The van der Waals surface area contributed by atoms with Crippen LogP contribution in [0.25, 0.3) is 0 Å². The van der Waals surface area contributed by atoms with E-state index in [-0.39, 0.29) is 94.9 Å². The minimum atomic E-state index is -0.716. The Morgan fingerprint density at radius 2 is 0.924 bits per heavy atom. The summed E-state index contributed by atoms with van der Waals surface area (Å²) in [5, 5.41) is 77.1. The van der Waals surface area contributed by atoms with Crippen LogP contribution in [0.5, 0.6) is 0 Å². The van der Waals surface area contributed by atoms with Gasteiger partial charge in [-0.05, 0) is 139 Å². The van der Waals surface area contributed by atoms with E-state index in [9.17, 15) is 50.1 Å². The molecular formula is C60H104O15S4. The summed E-state index contributed by atoms with van der Waals surface area (Å²) in [6.45, 7) is 11.2. The van der Waals surface area contributed by atoms with E-state index in [1.807, 2.05) is 43.8 Å². The molecule has 1 aromatic carbocycles. The summed E-state index contributed by atoms with van der Waals surface area (Å²) in [4.78, 5) is 36.6. The quantitative estimate of drug-likeness (QED) is 0.0294. The molecule has 458 valence electrons. The standard InChI is InChI=1S/C33H54O6S2.C26H46O8S2.CH4O/c1-4-6-13-25(22-41-32-23(3)38-27(5-2)30(32)36)16-12-18-26(35)17-10-11-19-40-33-28(39-29(21-34)31(33)37)20-24-14-8-7-9-15-24;1-16(29)8-9-19(15-36-26-18(3)34-22(14-28)24(26)32)10-11-20(30)7-5-4-6-12-35-25-17(2)33-21(13-27)23(25)31;1-2/h7-9,14-15,23,25,27-34,36-37H,4-6,10-13,16-22H2,1-3H3;17-19,21-28,31-32H,4-15H2,1-3H3;2H,1H3/t23-,25?,27+,28-,29+,30?,31?,32+,33+;17-,18-,19?,21+,22+,23?,24?,25+,26+;/m00./s1. The molecule has 0 aromatic heterocycles. The molecule has 4 fully saturated rings. The molecule has 0 amide bonds. The number of rotatable bonds is 38. The minimum Gasteiger partial charge on any atom is -0.400 e. The maximum atomic E-state index is 12.6. The van der Waals surface area contributed by atoms with Gasteiger partial charge in [-0.3, -0.25) is 9.59 Å². The highest BCUT2D eigenvalue weighted by atomic mass is 32.2. The van der Waals surface area contributed by atoms with Gasteiger partial charge in [-0.1, -0.05) is 63.4 Å².